The lowest BCUT2D eigenvalue weighted by atomic mass is 9.93. The Labute approximate surface area is 104 Å². The summed E-state index contributed by atoms with van der Waals surface area (Å²) in [4.78, 5) is 14.1. The van der Waals surface area contributed by atoms with Crippen molar-refractivity contribution in [1.82, 2.24) is 4.90 Å². The number of hydrogen-bond donors (Lipinski definition) is 0. The normalized spacial score (nSPS) is 10.2. The first-order valence-corrected chi connectivity index (χ1v) is 5.84. The summed E-state index contributed by atoms with van der Waals surface area (Å²) in [5, 5.41) is 0. The van der Waals surface area contributed by atoms with E-state index in [-0.39, 0.29) is 5.91 Å². The third-order valence-corrected chi connectivity index (χ3v) is 3.33. The number of aryl methyl sites for hydroxylation is 2. The topological polar surface area (TPSA) is 20.3 Å². The van der Waals surface area contributed by atoms with Crippen LogP contribution in [0.15, 0.2) is 18.7 Å². The molecule has 0 N–H and O–H groups in total. The minimum absolute atomic E-state index is 0.0756. The molecule has 0 saturated carbocycles. The molecule has 0 heterocycles. The first-order valence-electron chi connectivity index (χ1n) is 5.84. The van der Waals surface area contributed by atoms with Crippen LogP contribution in [0.5, 0.6) is 0 Å². The molecule has 0 aliphatic heterocycles. The van der Waals surface area contributed by atoms with Crippen molar-refractivity contribution in [1.29, 1.82) is 0 Å². The quantitative estimate of drug-likeness (QED) is 0.732. The van der Waals surface area contributed by atoms with E-state index in [9.17, 15) is 4.79 Å². The standard InChI is InChI=1S/C15H21NO/c1-7-8-16(6)15(17)14-12(4)10(2)9-11(3)13(14)5/h7,9H,1,8H2,2-6H3. The van der Waals surface area contributed by atoms with Gasteiger partial charge in [-0.2, -0.15) is 0 Å². The zero-order valence-electron chi connectivity index (χ0n) is 11.4. The Hall–Kier alpha value is -1.57. The second-order valence-corrected chi connectivity index (χ2v) is 4.61. The van der Waals surface area contributed by atoms with Crippen molar-refractivity contribution in [2.75, 3.05) is 13.6 Å². The third kappa shape index (κ3) is 2.57. The maximum Gasteiger partial charge on any atom is 0.254 e. The highest BCUT2D eigenvalue weighted by Gasteiger charge is 2.18. The Morgan fingerprint density at radius 2 is 1.71 bits per heavy atom. The lowest BCUT2D eigenvalue weighted by molar-refractivity contribution is 0.0808. The molecular formula is C15H21NO. The van der Waals surface area contributed by atoms with E-state index in [0.29, 0.717) is 6.54 Å². The van der Waals surface area contributed by atoms with Crippen LogP contribution in [0, 0.1) is 27.7 Å². The van der Waals surface area contributed by atoms with E-state index >= 15 is 0 Å². The summed E-state index contributed by atoms with van der Waals surface area (Å²) in [5.41, 5.74) is 5.33. The van der Waals surface area contributed by atoms with Crippen molar-refractivity contribution in [3.05, 3.63) is 46.5 Å². The van der Waals surface area contributed by atoms with Crippen molar-refractivity contribution in [3.63, 3.8) is 0 Å². The van der Waals surface area contributed by atoms with Crippen LogP contribution in [0.2, 0.25) is 0 Å². The summed E-state index contributed by atoms with van der Waals surface area (Å²) >= 11 is 0. The first kappa shape index (κ1) is 13.5. The van der Waals surface area contributed by atoms with Crippen LogP contribution < -0.4 is 0 Å². The van der Waals surface area contributed by atoms with Crippen molar-refractivity contribution in [2.45, 2.75) is 27.7 Å². The SMILES string of the molecule is C=CCN(C)C(=O)c1c(C)c(C)cc(C)c1C. The molecule has 0 saturated heterocycles. The summed E-state index contributed by atoms with van der Waals surface area (Å²) in [6.45, 7) is 12.4. The zero-order valence-corrected chi connectivity index (χ0v) is 11.4. The van der Waals surface area contributed by atoms with Crippen LogP contribution in [0.3, 0.4) is 0 Å². The highest BCUT2D eigenvalue weighted by molar-refractivity contribution is 5.97. The number of amides is 1. The molecule has 0 radical (unpaired) electrons. The average molecular weight is 231 g/mol. The molecule has 0 aromatic heterocycles. The van der Waals surface area contributed by atoms with Gasteiger partial charge in [-0.3, -0.25) is 4.79 Å². The molecule has 0 aliphatic rings. The maximum atomic E-state index is 12.4. The van der Waals surface area contributed by atoms with Gasteiger partial charge in [-0.15, -0.1) is 6.58 Å². The van der Waals surface area contributed by atoms with E-state index in [1.807, 2.05) is 27.7 Å². The molecule has 2 nitrogen and oxygen atoms in total. The Morgan fingerprint density at radius 1 is 1.24 bits per heavy atom. The van der Waals surface area contributed by atoms with Gasteiger partial charge in [-0.05, 0) is 49.9 Å². The molecule has 2 heteroatoms. The minimum atomic E-state index is 0.0756. The lowest BCUT2D eigenvalue weighted by Crippen LogP contribution is -2.28. The van der Waals surface area contributed by atoms with Crippen molar-refractivity contribution in [3.8, 4) is 0 Å². The smallest absolute Gasteiger partial charge is 0.254 e. The van der Waals surface area contributed by atoms with E-state index in [0.717, 1.165) is 16.7 Å². The zero-order chi connectivity index (χ0) is 13.2. The lowest BCUT2D eigenvalue weighted by Gasteiger charge is -2.20. The largest absolute Gasteiger partial charge is 0.338 e. The Morgan fingerprint density at radius 3 is 2.12 bits per heavy atom. The highest BCUT2D eigenvalue weighted by atomic mass is 16.2. The summed E-state index contributed by atoms with van der Waals surface area (Å²) in [6.07, 6.45) is 1.74. The van der Waals surface area contributed by atoms with Gasteiger partial charge in [-0.1, -0.05) is 12.1 Å². The van der Waals surface area contributed by atoms with Crippen molar-refractivity contribution in [2.24, 2.45) is 0 Å². The van der Waals surface area contributed by atoms with Gasteiger partial charge in [0.2, 0.25) is 0 Å². The third-order valence-electron chi connectivity index (χ3n) is 3.33. The highest BCUT2D eigenvalue weighted by Crippen LogP contribution is 2.22. The van der Waals surface area contributed by atoms with Gasteiger partial charge in [0.1, 0.15) is 0 Å². The number of likely N-dealkylation sites (N-methyl/N-ethyl adjacent to an activating group) is 1. The van der Waals surface area contributed by atoms with E-state index in [4.69, 9.17) is 0 Å². The number of hydrogen-bond acceptors (Lipinski definition) is 1. The maximum absolute atomic E-state index is 12.4. The van der Waals surface area contributed by atoms with Gasteiger partial charge in [0, 0.05) is 19.2 Å². The molecule has 0 aliphatic carbocycles. The Kier molecular flexibility index (Phi) is 4.11. The van der Waals surface area contributed by atoms with Gasteiger partial charge in [-0.25, -0.2) is 0 Å². The molecule has 1 aromatic carbocycles. The van der Waals surface area contributed by atoms with E-state index in [2.05, 4.69) is 12.6 Å². The monoisotopic (exact) mass is 231 g/mol. The molecule has 0 unspecified atom stereocenters. The van der Waals surface area contributed by atoms with E-state index < -0.39 is 0 Å². The number of nitrogens with zero attached hydrogens (tertiary/aromatic N) is 1. The van der Waals surface area contributed by atoms with Crippen molar-refractivity contribution >= 4 is 5.91 Å². The van der Waals surface area contributed by atoms with Gasteiger partial charge in [0.05, 0.1) is 0 Å². The van der Waals surface area contributed by atoms with Crippen LogP contribution in [0.4, 0.5) is 0 Å². The first-order chi connectivity index (χ1) is 7.90. The fourth-order valence-corrected chi connectivity index (χ4v) is 2.01. The molecule has 0 bridgehead atoms. The van der Waals surface area contributed by atoms with Crippen LogP contribution in [-0.2, 0) is 0 Å². The fraction of sp³-hybridized carbons (Fsp3) is 0.400. The number of benzene rings is 1. The Balaban J connectivity index is 3.30. The number of carbonyl (C=O) groups excluding carboxylic acids is 1. The molecule has 0 fully saturated rings. The van der Waals surface area contributed by atoms with Crippen LogP contribution >= 0.6 is 0 Å². The minimum Gasteiger partial charge on any atom is -0.338 e. The Bertz CT molecular complexity index is 434. The van der Waals surface area contributed by atoms with Crippen LogP contribution in [0.25, 0.3) is 0 Å². The fourth-order valence-electron chi connectivity index (χ4n) is 2.01. The average Bonchev–Trinajstić information content (AvgIpc) is 2.27. The molecule has 1 amide bonds. The molecule has 1 aromatic rings. The number of carbonyl (C=O) groups is 1. The van der Waals surface area contributed by atoms with Gasteiger partial charge in [0.15, 0.2) is 0 Å². The van der Waals surface area contributed by atoms with E-state index in [1.165, 1.54) is 11.1 Å². The molecular weight excluding hydrogens is 210 g/mol. The predicted molar refractivity (Wildman–Crippen MR) is 72.5 cm³/mol. The molecule has 92 valence electrons. The molecule has 0 atom stereocenters. The van der Waals surface area contributed by atoms with Gasteiger partial charge >= 0.3 is 0 Å². The molecule has 17 heavy (non-hydrogen) atoms. The van der Waals surface area contributed by atoms with Crippen molar-refractivity contribution < 1.29 is 4.79 Å². The van der Waals surface area contributed by atoms with Crippen LogP contribution in [0.1, 0.15) is 32.6 Å². The summed E-state index contributed by atoms with van der Waals surface area (Å²) in [7, 11) is 1.81. The molecule has 1 rings (SSSR count). The summed E-state index contributed by atoms with van der Waals surface area (Å²) in [5.74, 6) is 0.0756. The van der Waals surface area contributed by atoms with Crippen LogP contribution in [-0.4, -0.2) is 24.4 Å². The van der Waals surface area contributed by atoms with E-state index in [1.54, 1.807) is 18.0 Å². The number of rotatable bonds is 3. The van der Waals surface area contributed by atoms with Gasteiger partial charge < -0.3 is 4.90 Å². The summed E-state index contributed by atoms with van der Waals surface area (Å²) < 4.78 is 0. The summed E-state index contributed by atoms with van der Waals surface area (Å²) in [6, 6.07) is 2.13. The predicted octanol–water partition coefficient (Wildman–Crippen LogP) is 3.18. The second-order valence-electron chi connectivity index (χ2n) is 4.61. The molecule has 0 spiro atoms. The van der Waals surface area contributed by atoms with Gasteiger partial charge in [0.25, 0.3) is 5.91 Å². The second kappa shape index (κ2) is 5.17.